The summed E-state index contributed by atoms with van der Waals surface area (Å²) in [6.07, 6.45) is 0. The summed E-state index contributed by atoms with van der Waals surface area (Å²) in [5.74, 6) is 0. The third-order valence-electron chi connectivity index (χ3n) is 2.25. The van der Waals surface area contributed by atoms with Crippen molar-refractivity contribution in [2.24, 2.45) is 16.9 Å². The molecule has 0 aliphatic carbocycles. The molecule has 0 aromatic carbocycles. The molecular weight excluding hydrogens is 183 g/mol. The fourth-order valence-electron chi connectivity index (χ4n) is 0.263. The van der Waals surface area contributed by atoms with E-state index in [0.717, 1.165) is 0 Å². The summed E-state index contributed by atoms with van der Waals surface area (Å²) >= 11 is 0. The van der Waals surface area contributed by atoms with Gasteiger partial charge < -0.3 is 11.5 Å². The second-order valence-electron chi connectivity index (χ2n) is 3.81. The number of hydrogen-bond donors (Lipinski definition) is 2. The Bertz CT molecular complexity index is 97.1. The topological polar surface area (TPSA) is 52.0 Å². The molecule has 0 spiro atoms. The fourth-order valence-corrected chi connectivity index (χ4v) is 0.263. The van der Waals surface area contributed by atoms with Crippen LogP contribution in [0.25, 0.3) is 0 Å². The van der Waals surface area contributed by atoms with Crippen LogP contribution in [0, 0.1) is 5.41 Å². The van der Waals surface area contributed by atoms with Gasteiger partial charge in [-0.15, -0.1) is 24.8 Å². The van der Waals surface area contributed by atoms with Crippen LogP contribution in [0.5, 0.6) is 0 Å². The molecule has 4 N–H and O–H groups in total. The monoisotopic (exact) mass is 202 g/mol. The third-order valence-corrected chi connectivity index (χ3v) is 2.25. The van der Waals surface area contributed by atoms with E-state index >= 15 is 0 Å². The molecular formula is C7H20Cl2N2. The first kappa shape index (κ1) is 17.5. The van der Waals surface area contributed by atoms with Crippen molar-refractivity contribution < 1.29 is 0 Å². The minimum atomic E-state index is -0.179. The van der Waals surface area contributed by atoms with E-state index in [1.54, 1.807) is 0 Å². The van der Waals surface area contributed by atoms with E-state index in [2.05, 4.69) is 13.8 Å². The Morgan fingerprint density at radius 3 is 1.27 bits per heavy atom. The van der Waals surface area contributed by atoms with Crippen LogP contribution in [0.2, 0.25) is 0 Å². The van der Waals surface area contributed by atoms with Crippen molar-refractivity contribution in [3.63, 3.8) is 0 Å². The van der Waals surface area contributed by atoms with Crippen LogP contribution < -0.4 is 11.5 Å². The number of halogens is 2. The van der Waals surface area contributed by atoms with Gasteiger partial charge in [0.15, 0.2) is 0 Å². The highest BCUT2D eigenvalue weighted by Gasteiger charge is 2.31. The van der Waals surface area contributed by atoms with Gasteiger partial charge in [-0.25, -0.2) is 0 Å². The molecule has 2 nitrogen and oxygen atoms in total. The second-order valence-corrected chi connectivity index (χ2v) is 3.81. The van der Waals surface area contributed by atoms with Gasteiger partial charge in [0, 0.05) is 5.54 Å². The van der Waals surface area contributed by atoms with E-state index < -0.39 is 0 Å². The maximum absolute atomic E-state index is 5.84. The van der Waals surface area contributed by atoms with E-state index in [1.165, 1.54) is 0 Å². The number of hydrogen-bond acceptors (Lipinski definition) is 2. The molecule has 4 heteroatoms. The van der Waals surface area contributed by atoms with Crippen molar-refractivity contribution in [1.29, 1.82) is 0 Å². The molecule has 0 aliphatic rings. The summed E-state index contributed by atoms with van der Waals surface area (Å²) < 4.78 is 0. The second kappa shape index (κ2) is 5.20. The highest BCUT2D eigenvalue weighted by Crippen LogP contribution is 2.25. The lowest BCUT2D eigenvalue weighted by Gasteiger charge is -2.37. The summed E-state index contributed by atoms with van der Waals surface area (Å²) in [6, 6.07) is 0. The van der Waals surface area contributed by atoms with Crippen LogP contribution in [0.4, 0.5) is 0 Å². The SMILES string of the molecule is CC(C)(N)C(C)(C)CN.Cl.Cl. The first-order chi connectivity index (χ1) is 3.81. The van der Waals surface area contributed by atoms with Gasteiger partial charge in [0.2, 0.25) is 0 Å². The van der Waals surface area contributed by atoms with Crippen LogP contribution >= 0.6 is 24.8 Å². The molecule has 0 heterocycles. The molecule has 0 saturated heterocycles. The average Bonchev–Trinajstić information content (AvgIpc) is 1.64. The maximum Gasteiger partial charge on any atom is 0.0160 e. The Hall–Kier alpha value is 0.500. The summed E-state index contributed by atoms with van der Waals surface area (Å²) in [4.78, 5) is 0. The minimum absolute atomic E-state index is 0. The summed E-state index contributed by atoms with van der Waals surface area (Å²) in [5.41, 5.74) is 11.2. The molecule has 0 saturated carbocycles. The van der Waals surface area contributed by atoms with Crippen molar-refractivity contribution in [1.82, 2.24) is 0 Å². The van der Waals surface area contributed by atoms with Crippen molar-refractivity contribution in [3.05, 3.63) is 0 Å². The van der Waals surface area contributed by atoms with Crippen molar-refractivity contribution in [3.8, 4) is 0 Å². The smallest absolute Gasteiger partial charge is 0.0160 e. The van der Waals surface area contributed by atoms with Gasteiger partial charge in [-0.1, -0.05) is 13.8 Å². The Balaban J connectivity index is -0.000000320. The van der Waals surface area contributed by atoms with Gasteiger partial charge in [0.1, 0.15) is 0 Å². The van der Waals surface area contributed by atoms with E-state index in [1.807, 2.05) is 13.8 Å². The normalized spacial score (nSPS) is 11.5. The highest BCUT2D eigenvalue weighted by atomic mass is 35.5. The Labute approximate surface area is 81.9 Å². The molecule has 0 rings (SSSR count). The van der Waals surface area contributed by atoms with Gasteiger partial charge in [0.05, 0.1) is 0 Å². The Morgan fingerprint density at radius 1 is 1.00 bits per heavy atom. The van der Waals surface area contributed by atoms with Crippen LogP contribution in [0.1, 0.15) is 27.7 Å². The lowest BCUT2D eigenvalue weighted by Crippen LogP contribution is -2.51. The van der Waals surface area contributed by atoms with Gasteiger partial charge in [-0.3, -0.25) is 0 Å². The zero-order valence-electron chi connectivity index (χ0n) is 7.68. The predicted octanol–water partition coefficient (Wildman–Crippen LogP) is 1.55. The Morgan fingerprint density at radius 2 is 1.27 bits per heavy atom. The van der Waals surface area contributed by atoms with Crippen LogP contribution in [0.15, 0.2) is 0 Å². The summed E-state index contributed by atoms with van der Waals surface area (Å²) in [7, 11) is 0. The van der Waals surface area contributed by atoms with Crippen LogP contribution in [0.3, 0.4) is 0 Å². The van der Waals surface area contributed by atoms with Gasteiger partial charge >= 0.3 is 0 Å². The molecule has 72 valence electrons. The van der Waals surface area contributed by atoms with Crippen molar-refractivity contribution >= 4 is 24.8 Å². The van der Waals surface area contributed by atoms with E-state index in [-0.39, 0.29) is 35.8 Å². The molecule has 0 aliphatic heterocycles. The maximum atomic E-state index is 5.84. The quantitative estimate of drug-likeness (QED) is 0.715. The molecule has 0 aromatic rings. The van der Waals surface area contributed by atoms with E-state index in [4.69, 9.17) is 11.5 Å². The molecule has 0 bridgehead atoms. The third kappa shape index (κ3) is 4.86. The number of rotatable bonds is 2. The van der Waals surface area contributed by atoms with Crippen LogP contribution in [-0.4, -0.2) is 12.1 Å². The fraction of sp³-hybridized carbons (Fsp3) is 1.00. The minimum Gasteiger partial charge on any atom is -0.330 e. The standard InChI is InChI=1S/C7H18N2.2ClH/c1-6(2,5-8)7(3,4)9;;/h5,8-9H2,1-4H3;2*1H. The first-order valence-electron chi connectivity index (χ1n) is 3.30. The predicted molar refractivity (Wildman–Crippen MR) is 55.6 cm³/mol. The zero-order chi connectivity index (χ0) is 7.71. The molecule has 0 fully saturated rings. The molecule has 0 aromatic heterocycles. The van der Waals surface area contributed by atoms with E-state index in [9.17, 15) is 0 Å². The molecule has 0 unspecified atom stereocenters. The van der Waals surface area contributed by atoms with Gasteiger partial charge in [-0.05, 0) is 25.8 Å². The molecule has 0 atom stereocenters. The highest BCUT2D eigenvalue weighted by molar-refractivity contribution is 5.85. The molecule has 0 radical (unpaired) electrons. The van der Waals surface area contributed by atoms with Crippen LogP contribution in [-0.2, 0) is 0 Å². The van der Waals surface area contributed by atoms with Crippen molar-refractivity contribution in [2.75, 3.05) is 6.54 Å². The zero-order valence-corrected chi connectivity index (χ0v) is 9.31. The lowest BCUT2D eigenvalue weighted by atomic mass is 9.75. The summed E-state index contributed by atoms with van der Waals surface area (Å²) in [6.45, 7) is 8.79. The average molecular weight is 203 g/mol. The van der Waals surface area contributed by atoms with Crippen molar-refractivity contribution in [2.45, 2.75) is 33.2 Å². The lowest BCUT2D eigenvalue weighted by molar-refractivity contribution is 0.212. The largest absolute Gasteiger partial charge is 0.330 e. The molecule has 11 heavy (non-hydrogen) atoms. The Kier molecular flexibility index (Phi) is 8.29. The van der Waals surface area contributed by atoms with Gasteiger partial charge in [0.25, 0.3) is 0 Å². The van der Waals surface area contributed by atoms with Gasteiger partial charge in [-0.2, -0.15) is 0 Å². The van der Waals surface area contributed by atoms with E-state index in [0.29, 0.717) is 6.54 Å². The first-order valence-corrected chi connectivity index (χ1v) is 3.30. The summed E-state index contributed by atoms with van der Waals surface area (Å²) in [5, 5.41) is 0. The molecule has 0 amide bonds. The number of nitrogens with two attached hydrogens (primary N) is 2.